The van der Waals surface area contributed by atoms with Crippen molar-refractivity contribution in [2.24, 2.45) is 0 Å². The van der Waals surface area contributed by atoms with Gasteiger partial charge in [-0.25, -0.2) is 4.79 Å². The summed E-state index contributed by atoms with van der Waals surface area (Å²) in [6.07, 6.45) is 4.28. The summed E-state index contributed by atoms with van der Waals surface area (Å²) in [5.74, 6) is 0.773. The Balaban J connectivity index is 1.54. The molecule has 21 heavy (non-hydrogen) atoms. The van der Waals surface area contributed by atoms with Crippen LogP contribution >= 0.6 is 0 Å². The van der Waals surface area contributed by atoms with Crippen LogP contribution in [0, 0.1) is 0 Å². The number of nitrogens with zero attached hydrogens (tertiary/aromatic N) is 1. The molecule has 1 N–H and O–H groups in total. The lowest BCUT2D eigenvalue weighted by Crippen LogP contribution is -2.50. The van der Waals surface area contributed by atoms with Crippen molar-refractivity contribution in [2.75, 3.05) is 6.54 Å². The first-order chi connectivity index (χ1) is 10.2. The van der Waals surface area contributed by atoms with E-state index in [1.165, 1.54) is 5.56 Å². The highest BCUT2D eigenvalue weighted by molar-refractivity contribution is 6.07. The number of para-hydroxylation sites is 1. The Morgan fingerprint density at radius 3 is 2.76 bits per heavy atom. The minimum Gasteiger partial charge on any atom is -0.488 e. The van der Waals surface area contributed by atoms with Crippen molar-refractivity contribution in [2.45, 2.75) is 43.7 Å². The Morgan fingerprint density at radius 1 is 1.24 bits per heavy atom. The Morgan fingerprint density at radius 2 is 2.00 bits per heavy atom. The molecule has 1 aromatic carbocycles. The Labute approximate surface area is 123 Å². The standard InChI is InChI=1S/C16H18N2O3/c19-14-16(7-3-4-8-16)18(15(20)17-14)10-12-9-11-5-1-2-6-13(11)21-12/h1-2,5-6,12H,3-4,7-10H2,(H,17,19,20). The fourth-order valence-corrected chi connectivity index (χ4v) is 3.87. The summed E-state index contributed by atoms with van der Waals surface area (Å²) in [6, 6.07) is 7.69. The summed E-state index contributed by atoms with van der Waals surface area (Å²) in [4.78, 5) is 26.1. The molecule has 1 saturated heterocycles. The van der Waals surface area contributed by atoms with Crippen LogP contribution in [0.15, 0.2) is 24.3 Å². The number of amides is 3. The van der Waals surface area contributed by atoms with Gasteiger partial charge >= 0.3 is 6.03 Å². The summed E-state index contributed by atoms with van der Waals surface area (Å²) in [5, 5.41) is 2.49. The maximum absolute atomic E-state index is 12.2. The molecule has 1 spiro atoms. The predicted molar refractivity (Wildman–Crippen MR) is 76.0 cm³/mol. The summed E-state index contributed by atoms with van der Waals surface area (Å²) in [6.45, 7) is 0.478. The zero-order chi connectivity index (χ0) is 14.4. The zero-order valence-electron chi connectivity index (χ0n) is 11.8. The van der Waals surface area contributed by atoms with E-state index in [9.17, 15) is 9.59 Å². The van der Waals surface area contributed by atoms with Crippen LogP contribution in [0.3, 0.4) is 0 Å². The van der Waals surface area contributed by atoms with Gasteiger partial charge in [-0.2, -0.15) is 0 Å². The molecule has 1 aliphatic carbocycles. The molecule has 3 amide bonds. The van der Waals surface area contributed by atoms with Crippen LogP contribution in [-0.2, 0) is 11.2 Å². The van der Waals surface area contributed by atoms with Crippen molar-refractivity contribution < 1.29 is 14.3 Å². The van der Waals surface area contributed by atoms with Crippen LogP contribution in [-0.4, -0.2) is 35.0 Å². The summed E-state index contributed by atoms with van der Waals surface area (Å²) < 4.78 is 5.92. The lowest BCUT2D eigenvalue weighted by atomic mass is 9.95. The number of hydrogen-bond acceptors (Lipinski definition) is 3. The maximum atomic E-state index is 12.2. The van der Waals surface area contributed by atoms with Gasteiger partial charge in [-0.05, 0) is 24.5 Å². The fraction of sp³-hybridized carbons (Fsp3) is 0.500. The third-order valence-corrected chi connectivity index (χ3v) is 4.94. The molecular weight excluding hydrogens is 268 g/mol. The molecule has 1 atom stereocenters. The van der Waals surface area contributed by atoms with Gasteiger partial charge in [0.2, 0.25) is 0 Å². The molecule has 1 saturated carbocycles. The van der Waals surface area contributed by atoms with E-state index in [1.54, 1.807) is 4.90 Å². The minimum absolute atomic E-state index is 0.0588. The van der Waals surface area contributed by atoms with Crippen molar-refractivity contribution in [3.63, 3.8) is 0 Å². The van der Waals surface area contributed by atoms with Gasteiger partial charge in [-0.1, -0.05) is 31.0 Å². The molecule has 0 radical (unpaired) electrons. The number of nitrogens with one attached hydrogen (secondary N) is 1. The van der Waals surface area contributed by atoms with E-state index in [0.717, 1.165) is 37.9 Å². The number of imide groups is 1. The van der Waals surface area contributed by atoms with Crippen LogP contribution in [0.1, 0.15) is 31.2 Å². The van der Waals surface area contributed by atoms with Gasteiger partial charge in [-0.3, -0.25) is 10.1 Å². The van der Waals surface area contributed by atoms with Gasteiger partial charge in [0.15, 0.2) is 0 Å². The average molecular weight is 286 g/mol. The van der Waals surface area contributed by atoms with E-state index in [1.807, 2.05) is 18.2 Å². The van der Waals surface area contributed by atoms with Crippen LogP contribution < -0.4 is 10.1 Å². The Bertz CT molecular complexity index is 582. The second kappa shape index (κ2) is 4.48. The minimum atomic E-state index is -0.616. The lowest BCUT2D eigenvalue weighted by molar-refractivity contribution is -0.126. The highest BCUT2D eigenvalue weighted by Gasteiger charge is 2.54. The molecule has 2 fully saturated rings. The van der Waals surface area contributed by atoms with Gasteiger partial charge in [-0.15, -0.1) is 0 Å². The molecule has 0 aromatic heterocycles. The summed E-state index contributed by atoms with van der Waals surface area (Å²) >= 11 is 0. The predicted octanol–water partition coefficient (Wildman–Crippen LogP) is 1.85. The highest BCUT2D eigenvalue weighted by atomic mass is 16.5. The van der Waals surface area contributed by atoms with Gasteiger partial charge in [0, 0.05) is 6.42 Å². The molecule has 1 unspecified atom stereocenters. The van der Waals surface area contributed by atoms with Crippen LogP contribution in [0.25, 0.3) is 0 Å². The molecule has 2 heterocycles. The second-order valence-electron chi connectivity index (χ2n) is 6.16. The van der Waals surface area contributed by atoms with Crippen molar-refractivity contribution in [1.82, 2.24) is 10.2 Å². The third kappa shape index (κ3) is 1.83. The van der Waals surface area contributed by atoms with Gasteiger partial charge < -0.3 is 9.64 Å². The van der Waals surface area contributed by atoms with Gasteiger partial charge in [0.05, 0.1) is 6.54 Å². The van der Waals surface area contributed by atoms with E-state index < -0.39 is 5.54 Å². The number of rotatable bonds is 2. The number of carbonyl (C=O) groups excluding carboxylic acids is 2. The number of benzene rings is 1. The Kier molecular flexibility index (Phi) is 2.71. The van der Waals surface area contributed by atoms with Gasteiger partial charge in [0.1, 0.15) is 17.4 Å². The average Bonchev–Trinajstić information content (AvgIpc) is 3.15. The number of fused-ring (bicyclic) bond motifs is 1. The molecule has 4 rings (SSSR count). The van der Waals surface area contributed by atoms with E-state index in [-0.39, 0.29) is 18.0 Å². The van der Waals surface area contributed by atoms with Crippen LogP contribution in [0.2, 0.25) is 0 Å². The van der Waals surface area contributed by atoms with E-state index >= 15 is 0 Å². The Hall–Kier alpha value is -2.04. The topological polar surface area (TPSA) is 58.6 Å². The highest BCUT2D eigenvalue weighted by Crippen LogP contribution is 2.39. The molecule has 3 aliphatic rings. The van der Waals surface area contributed by atoms with Crippen molar-refractivity contribution in [1.29, 1.82) is 0 Å². The first-order valence-corrected chi connectivity index (χ1v) is 7.57. The van der Waals surface area contributed by atoms with E-state index in [2.05, 4.69) is 11.4 Å². The summed E-state index contributed by atoms with van der Waals surface area (Å²) in [5.41, 5.74) is 0.559. The number of hydrogen-bond donors (Lipinski definition) is 1. The SMILES string of the molecule is O=C1NC(=O)C2(CCCC2)N1CC1Cc2ccccc2O1. The van der Waals surface area contributed by atoms with Crippen LogP contribution in [0.5, 0.6) is 5.75 Å². The molecule has 5 heteroatoms. The smallest absolute Gasteiger partial charge is 0.325 e. The molecule has 5 nitrogen and oxygen atoms in total. The van der Waals surface area contributed by atoms with Gasteiger partial charge in [0.25, 0.3) is 5.91 Å². The van der Waals surface area contributed by atoms with E-state index in [4.69, 9.17) is 4.74 Å². The molecular formula is C16H18N2O3. The largest absolute Gasteiger partial charge is 0.488 e. The second-order valence-corrected chi connectivity index (χ2v) is 6.16. The monoisotopic (exact) mass is 286 g/mol. The zero-order valence-corrected chi connectivity index (χ0v) is 11.8. The molecule has 1 aromatic rings. The molecule has 0 bridgehead atoms. The first kappa shape index (κ1) is 12.7. The third-order valence-electron chi connectivity index (χ3n) is 4.94. The lowest BCUT2D eigenvalue weighted by Gasteiger charge is -2.32. The quantitative estimate of drug-likeness (QED) is 0.844. The normalized spacial score (nSPS) is 26.1. The maximum Gasteiger partial charge on any atom is 0.325 e. The van der Waals surface area contributed by atoms with Crippen molar-refractivity contribution in [3.8, 4) is 5.75 Å². The number of ether oxygens (including phenoxy) is 1. The number of carbonyl (C=O) groups is 2. The summed E-state index contributed by atoms with van der Waals surface area (Å²) in [7, 11) is 0. The number of urea groups is 1. The molecule has 110 valence electrons. The fourth-order valence-electron chi connectivity index (χ4n) is 3.87. The van der Waals surface area contributed by atoms with Crippen molar-refractivity contribution in [3.05, 3.63) is 29.8 Å². The van der Waals surface area contributed by atoms with Crippen LogP contribution in [0.4, 0.5) is 4.79 Å². The molecule has 2 aliphatic heterocycles. The van der Waals surface area contributed by atoms with Crippen molar-refractivity contribution >= 4 is 11.9 Å². The first-order valence-electron chi connectivity index (χ1n) is 7.57. The van der Waals surface area contributed by atoms with E-state index in [0.29, 0.717) is 6.54 Å².